The zero-order valence-corrected chi connectivity index (χ0v) is 9.15. The first-order chi connectivity index (χ1) is 6.93. The zero-order chi connectivity index (χ0) is 10.1. The van der Waals surface area contributed by atoms with E-state index in [0.29, 0.717) is 0 Å². The minimum atomic E-state index is 1.11. The summed E-state index contributed by atoms with van der Waals surface area (Å²) < 4.78 is 2.15. The Hall–Kier alpha value is -0.920. The summed E-state index contributed by atoms with van der Waals surface area (Å²) in [5, 5.41) is 0. The van der Waals surface area contributed by atoms with Crippen molar-refractivity contribution < 1.29 is 4.57 Å². The molecule has 0 amide bonds. The van der Waals surface area contributed by atoms with Crippen LogP contribution in [0.4, 0.5) is 0 Å². The molecule has 0 unspecified atom stereocenters. The van der Waals surface area contributed by atoms with Crippen molar-refractivity contribution in [1.29, 1.82) is 0 Å². The zero-order valence-electron chi connectivity index (χ0n) is 9.15. The SMILES string of the molecule is CCCCCCCC[n+]1cccnc1. The Morgan fingerprint density at radius 3 is 2.57 bits per heavy atom. The molecule has 1 heterocycles. The second kappa shape index (κ2) is 7.48. The number of nitrogens with zero attached hydrogens (tertiary/aromatic N) is 2. The molecule has 0 saturated heterocycles. The van der Waals surface area contributed by atoms with Crippen LogP contribution in [-0.4, -0.2) is 4.98 Å². The smallest absolute Gasteiger partial charge is 0.237 e. The van der Waals surface area contributed by atoms with Gasteiger partial charge in [-0.1, -0.05) is 37.6 Å². The van der Waals surface area contributed by atoms with Crippen LogP contribution in [0.5, 0.6) is 0 Å². The molecule has 0 N–H and O–H groups in total. The van der Waals surface area contributed by atoms with Crippen LogP contribution in [0.1, 0.15) is 45.4 Å². The van der Waals surface area contributed by atoms with E-state index in [9.17, 15) is 0 Å². The molecule has 0 aliphatic heterocycles. The molecule has 2 nitrogen and oxygen atoms in total. The summed E-state index contributed by atoms with van der Waals surface area (Å²) in [6, 6.07) is 1.98. The molecule has 0 radical (unpaired) electrons. The van der Waals surface area contributed by atoms with E-state index >= 15 is 0 Å². The summed E-state index contributed by atoms with van der Waals surface area (Å²) in [4.78, 5) is 4.08. The van der Waals surface area contributed by atoms with Crippen molar-refractivity contribution in [2.75, 3.05) is 0 Å². The van der Waals surface area contributed by atoms with Crippen molar-refractivity contribution in [2.24, 2.45) is 0 Å². The summed E-state index contributed by atoms with van der Waals surface area (Å²) in [6.07, 6.45) is 13.9. The monoisotopic (exact) mass is 193 g/mol. The molecular formula is C12H21N2+. The highest BCUT2D eigenvalue weighted by atomic mass is 15.0. The number of hydrogen-bond acceptors (Lipinski definition) is 1. The van der Waals surface area contributed by atoms with Crippen LogP contribution in [0.2, 0.25) is 0 Å². The van der Waals surface area contributed by atoms with Crippen molar-refractivity contribution in [3.63, 3.8) is 0 Å². The highest BCUT2D eigenvalue weighted by Crippen LogP contribution is 2.04. The lowest BCUT2D eigenvalue weighted by molar-refractivity contribution is -0.700. The van der Waals surface area contributed by atoms with Gasteiger partial charge in [-0.25, -0.2) is 4.57 Å². The Morgan fingerprint density at radius 1 is 1.07 bits per heavy atom. The average Bonchev–Trinajstić information content (AvgIpc) is 2.25. The fourth-order valence-corrected chi connectivity index (χ4v) is 1.57. The normalized spacial score (nSPS) is 10.4. The topological polar surface area (TPSA) is 16.8 Å². The van der Waals surface area contributed by atoms with Gasteiger partial charge in [0.2, 0.25) is 0 Å². The molecule has 0 spiro atoms. The van der Waals surface area contributed by atoms with E-state index in [1.54, 1.807) is 0 Å². The van der Waals surface area contributed by atoms with Crippen LogP contribution >= 0.6 is 0 Å². The molecule has 0 atom stereocenters. The van der Waals surface area contributed by atoms with Crippen LogP contribution in [-0.2, 0) is 6.54 Å². The van der Waals surface area contributed by atoms with Crippen LogP contribution < -0.4 is 4.57 Å². The van der Waals surface area contributed by atoms with Gasteiger partial charge in [0.25, 0.3) is 6.33 Å². The first kappa shape index (κ1) is 11.2. The third kappa shape index (κ3) is 4.95. The molecule has 1 rings (SSSR count). The van der Waals surface area contributed by atoms with Gasteiger partial charge in [0.15, 0.2) is 0 Å². The lowest BCUT2D eigenvalue weighted by Gasteiger charge is -1.99. The lowest BCUT2D eigenvalue weighted by Crippen LogP contribution is -2.32. The van der Waals surface area contributed by atoms with E-state index in [1.807, 2.05) is 18.6 Å². The third-order valence-electron chi connectivity index (χ3n) is 2.43. The molecule has 0 bridgehead atoms. The Labute approximate surface area is 87.0 Å². The summed E-state index contributed by atoms with van der Waals surface area (Å²) in [6.45, 7) is 3.37. The maximum Gasteiger partial charge on any atom is 0.286 e. The van der Waals surface area contributed by atoms with Gasteiger partial charge in [0.05, 0.1) is 12.7 Å². The van der Waals surface area contributed by atoms with Crippen molar-refractivity contribution in [2.45, 2.75) is 52.0 Å². The summed E-state index contributed by atoms with van der Waals surface area (Å²) in [7, 11) is 0. The number of aromatic nitrogens is 2. The van der Waals surface area contributed by atoms with E-state index in [2.05, 4.69) is 22.7 Å². The van der Waals surface area contributed by atoms with Gasteiger partial charge in [0, 0.05) is 6.07 Å². The Bertz CT molecular complexity index is 221. The first-order valence-electron chi connectivity index (χ1n) is 5.72. The van der Waals surface area contributed by atoms with Gasteiger partial charge >= 0.3 is 0 Å². The van der Waals surface area contributed by atoms with E-state index in [-0.39, 0.29) is 0 Å². The molecule has 0 aromatic carbocycles. The van der Waals surface area contributed by atoms with Crippen LogP contribution in [0.3, 0.4) is 0 Å². The van der Waals surface area contributed by atoms with E-state index in [1.165, 1.54) is 38.5 Å². The van der Waals surface area contributed by atoms with Gasteiger partial charge in [-0.2, -0.15) is 0 Å². The first-order valence-corrected chi connectivity index (χ1v) is 5.72. The molecule has 14 heavy (non-hydrogen) atoms. The molecule has 0 fully saturated rings. The van der Waals surface area contributed by atoms with Gasteiger partial charge in [-0.3, -0.25) is 0 Å². The largest absolute Gasteiger partial charge is 0.286 e. The molecule has 1 aromatic rings. The van der Waals surface area contributed by atoms with Gasteiger partial charge < -0.3 is 0 Å². The van der Waals surface area contributed by atoms with Gasteiger partial charge in [-0.05, 0) is 12.8 Å². The highest BCUT2D eigenvalue weighted by Gasteiger charge is 1.95. The number of aryl methyl sites for hydroxylation is 1. The number of rotatable bonds is 7. The fourth-order valence-electron chi connectivity index (χ4n) is 1.57. The third-order valence-corrected chi connectivity index (χ3v) is 2.43. The Morgan fingerprint density at radius 2 is 1.86 bits per heavy atom. The maximum absolute atomic E-state index is 4.08. The van der Waals surface area contributed by atoms with Crippen molar-refractivity contribution >= 4 is 0 Å². The van der Waals surface area contributed by atoms with E-state index in [4.69, 9.17) is 0 Å². The molecule has 2 heteroatoms. The van der Waals surface area contributed by atoms with E-state index in [0.717, 1.165) is 6.54 Å². The minimum absolute atomic E-state index is 1.11. The highest BCUT2D eigenvalue weighted by molar-refractivity contribution is 4.68. The molecule has 0 saturated carbocycles. The second-order valence-corrected chi connectivity index (χ2v) is 3.76. The maximum atomic E-state index is 4.08. The van der Waals surface area contributed by atoms with Gasteiger partial charge in [0.1, 0.15) is 6.20 Å². The minimum Gasteiger partial charge on any atom is -0.237 e. The van der Waals surface area contributed by atoms with Gasteiger partial charge in [-0.15, -0.1) is 0 Å². The predicted octanol–water partition coefficient (Wildman–Crippen LogP) is 2.73. The van der Waals surface area contributed by atoms with Crippen molar-refractivity contribution in [3.8, 4) is 0 Å². The summed E-state index contributed by atoms with van der Waals surface area (Å²) >= 11 is 0. The molecule has 78 valence electrons. The van der Waals surface area contributed by atoms with E-state index < -0.39 is 0 Å². The second-order valence-electron chi connectivity index (χ2n) is 3.76. The molecular weight excluding hydrogens is 172 g/mol. The molecule has 1 aromatic heterocycles. The quantitative estimate of drug-likeness (QED) is 0.480. The number of hydrogen-bond donors (Lipinski definition) is 0. The summed E-state index contributed by atoms with van der Waals surface area (Å²) in [5.74, 6) is 0. The Kier molecular flexibility index (Phi) is 5.96. The average molecular weight is 193 g/mol. The molecule has 0 aliphatic rings. The molecule has 0 aliphatic carbocycles. The fraction of sp³-hybridized carbons (Fsp3) is 0.667. The van der Waals surface area contributed by atoms with Crippen LogP contribution in [0.15, 0.2) is 24.8 Å². The van der Waals surface area contributed by atoms with Crippen LogP contribution in [0, 0.1) is 0 Å². The lowest BCUT2D eigenvalue weighted by atomic mass is 10.1. The van der Waals surface area contributed by atoms with Crippen molar-refractivity contribution in [1.82, 2.24) is 4.98 Å². The standard InChI is InChI=1S/C12H21N2/c1-2-3-4-5-6-7-10-14-11-8-9-13-12-14/h8-9,11-12H,2-7,10H2,1H3/q+1. The predicted molar refractivity (Wildman–Crippen MR) is 57.8 cm³/mol. The van der Waals surface area contributed by atoms with Crippen molar-refractivity contribution in [3.05, 3.63) is 24.8 Å². The summed E-state index contributed by atoms with van der Waals surface area (Å²) in [5.41, 5.74) is 0. The number of unbranched alkanes of at least 4 members (excludes halogenated alkanes) is 5. The Balaban J connectivity index is 1.99. The van der Waals surface area contributed by atoms with Crippen LogP contribution in [0.25, 0.3) is 0 Å².